The molecule has 0 radical (unpaired) electrons. The van der Waals surface area contributed by atoms with E-state index in [-0.39, 0.29) is 12.6 Å². The van der Waals surface area contributed by atoms with Crippen LogP contribution in [0.25, 0.3) is 0 Å². The lowest BCUT2D eigenvalue weighted by Crippen LogP contribution is -2.37. The van der Waals surface area contributed by atoms with Crippen molar-refractivity contribution < 1.29 is 19.1 Å². The van der Waals surface area contributed by atoms with Gasteiger partial charge in [0.05, 0.1) is 11.1 Å². The average molecular weight is 301 g/mol. The first-order chi connectivity index (χ1) is 10.6. The van der Waals surface area contributed by atoms with Crippen LogP contribution in [0.1, 0.15) is 53.3 Å². The number of carbonyl (C=O) groups is 3. The van der Waals surface area contributed by atoms with Crippen LogP contribution in [-0.4, -0.2) is 35.3 Å². The normalized spacial score (nSPS) is 24.3. The molecule has 1 heterocycles. The predicted octanol–water partition coefficient (Wildman–Crippen LogP) is 2.40. The lowest BCUT2D eigenvalue weighted by Gasteiger charge is -2.27. The average Bonchev–Trinajstić information content (AvgIpc) is 2.73. The third-order valence-electron chi connectivity index (χ3n) is 4.35. The summed E-state index contributed by atoms with van der Waals surface area (Å²) in [5.74, 6) is -0.802. The Bertz CT molecular complexity index is 590. The summed E-state index contributed by atoms with van der Waals surface area (Å²) >= 11 is 0. The van der Waals surface area contributed by atoms with E-state index in [9.17, 15) is 14.4 Å². The second kappa shape index (κ2) is 5.91. The van der Waals surface area contributed by atoms with E-state index in [1.54, 1.807) is 24.3 Å². The number of fused-ring (bicyclic) bond motifs is 1. The van der Waals surface area contributed by atoms with Gasteiger partial charge in [0.1, 0.15) is 12.6 Å². The Kier molecular flexibility index (Phi) is 3.96. The van der Waals surface area contributed by atoms with Crippen molar-refractivity contribution in [2.45, 2.75) is 38.7 Å². The zero-order valence-corrected chi connectivity index (χ0v) is 12.6. The minimum atomic E-state index is -0.506. The molecule has 0 N–H and O–H groups in total. The maximum absolute atomic E-state index is 12.2. The Morgan fingerprint density at radius 1 is 1.18 bits per heavy atom. The van der Waals surface area contributed by atoms with Crippen LogP contribution in [0.4, 0.5) is 0 Å². The molecule has 1 fully saturated rings. The summed E-state index contributed by atoms with van der Waals surface area (Å²) in [5, 5.41) is 0. The van der Waals surface area contributed by atoms with Gasteiger partial charge in [0.25, 0.3) is 11.8 Å². The molecule has 116 valence electrons. The topological polar surface area (TPSA) is 63.7 Å². The van der Waals surface area contributed by atoms with Gasteiger partial charge in [-0.1, -0.05) is 25.5 Å². The van der Waals surface area contributed by atoms with Crippen molar-refractivity contribution in [2.24, 2.45) is 5.92 Å². The van der Waals surface area contributed by atoms with Crippen molar-refractivity contribution >= 4 is 17.8 Å². The van der Waals surface area contributed by atoms with E-state index in [1.807, 2.05) is 0 Å². The number of benzene rings is 1. The number of esters is 1. The number of amides is 2. The highest BCUT2D eigenvalue weighted by atomic mass is 16.5. The second-order valence-corrected chi connectivity index (χ2v) is 6.13. The lowest BCUT2D eigenvalue weighted by atomic mass is 9.89. The smallest absolute Gasteiger partial charge is 0.326 e. The number of imide groups is 1. The fraction of sp³-hybridized carbons (Fsp3) is 0.471. The number of hydrogen-bond donors (Lipinski definition) is 0. The van der Waals surface area contributed by atoms with Crippen molar-refractivity contribution in [3.63, 3.8) is 0 Å². The van der Waals surface area contributed by atoms with Gasteiger partial charge in [-0.3, -0.25) is 19.3 Å². The summed E-state index contributed by atoms with van der Waals surface area (Å²) in [6.07, 6.45) is 3.83. The van der Waals surface area contributed by atoms with Gasteiger partial charge in [-0.2, -0.15) is 0 Å². The van der Waals surface area contributed by atoms with E-state index >= 15 is 0 Å². The lowest BCUT2D eigenvalue weighted by molar-refractivity contribution is -0.151. The zero-order chi connectivity index (χ0) is 15.7. The van der Waals surface area contributed by atoms with Crippen molar-refractivity contribution in [3.8, 4) is 0 Å². The molecule has 0 spiro atoms. The van der Waals surface area contributed by atoms with Gasteiger partial charge in [-0.15, -0.1) is 0 Å². The number of ether oxygens (including phenoxy) is 1. The number of carbonyl (C=O) groups excluding carboxylic acids is 3. The third kappa shape index (κ3) is 2.75. The Labute approximate surface area is 129 Å². The summed E-state index contributed by atoms with van der Waals surface area (Å²) in [6, 6.07) is 6.61. The molecular weight excluding hydrogens is 282 g/mol. The molecule has 2 amide bonds. The first-order valence-electron chi connectivity index (χ1n) is 7.71. The Balaban J connectivity index is 1.63. The molecule has 0 bridgehead atoms. The minimum Gasteiger partial charge on any atom is -0.461 e. The monoisotopic (exact) mass is 301 g/mol. The van der Waals surface area contributed by atoms with Crippen LogP contribution < -0.4 is 0 Å². The van der Waals surface area contributed by atoms with Crippen molar-refractivity contribution in [1.82, 2.24) is 4.90 Å². The van der Waals surface area contributed by atoms with Crippen LogP contribution in [0, 0.1) is 5.92 Å². The maximum atomic E-state index is 12.2. The molecule has 1 aliphatic heterocycles. The van der Waals surface area contributed by atoms with Gasteiger partial charge in [0.15, 0.2) is 0 Å². The van der Waals surface area contributed by atoms with Gasteiger partial charge in [0.2, 0.25) is 0 Å². The van der Waals surface area contributed by atoms with Gasteiger partial charge in [-0.25, -0.2) is 0 Å². The highest BCUT2D eigenvalue weighted by Gasteiger charge is 2.37. The molecule has 5 heteroatoms. The quantitative estimate of drug-likeness (QED) is 0.635. The number of rotatable bonds is 3. The molecule has 2 aliphatic rings. The van der Waals surface area contributed by atoms with E-state index < -0.39 is 17.8 Å². The fourth-order valence-corrected chi connectivity index (χ4v) is 3.22. The first kappa shape index (κ1) is 14.8. The summed E-state index contributed by atoms with van der Waals surface area (Å²) in [4.78, 5) is 37.4. The summed E-state index contributed by atoms with van der Waals surface area (Å²) < 4.78 is 5.43. The van der Waals surface area contributed by atoms with Gasteiger partial charge < -0.3 is 4.74 Å². The summed E-state index contributed by atoms with van der Waals surface area (Å²) in [5.41, 5.74) is 0.707. The van der Waals surface area contributed by atoms with E-state index in [0.717, 1.165) is 30.6 Å². The summed E-state index contributed by atoms with van der Waals surface area (Å²) in [6.45, 7) is 1.83. The predicted molar refractivity (Wildman–Crippen MR) is 79.3 cm³/mol. The van der Waals surface area contributed by atoms with Crippen LogP contribution in [0.15, 0.2) is 24.3 Å². The molecule has 22 heavy (non-hydrogen) atoms. The van der Waals surface area contributed by atoms with Gasteiger partial charge in [0, 0.05) is 0 Å². The highest BCUT2D eigenvalue weighted by Crippen LogP contribution is 2.26. The Hall–Kier alpha value is -2.17. The van der Waals surface area contributed by atoms with Crippen molar-refractivity contribution in [3.05, 3.63) is 35.4 Å². The van der Waals surface area contributed by atoms with Crippen LogP contribution in [-0.2, 0) is 9.53 Å². The molecule has 3 rings (SSSR count). The maximum Gasteiger partial charge on any atom is 0.326 e. The van der Waals surface area contributed by atoms with E-state index in [1.165, 1.54) is 0 Å². The fourth-order valence-electron chi connectivity index (χ4n) is 3.22. The van der Waals surface area contributed by atoms with E-state index in [0.29, 0.717) is 17.0 Å². The van der Waals surface area contributed by atoms with Crippen molar-refractivity contribution in [1.29, 1.82) is 0 Å². The van der Waals surface area contributed by atoms with Crippen LogP contribution in [0.2, 0.25) is 0 Å². The third-order valence-corrected chi connectivity index (χ3v) is 4.35. The van der Waals surface area contributed by atoms with E-state index in [2.05, 4.69) is 6.92 Å². The largest absolute Gasteiger partial charge is 0.461 e. The zero-order valence-electron chi connectivity index (χ0n) is 12.6. The number of nitrogens with zero attached hydrogens (tertiary/aromatic N) is 1. The molecule has 0 saturated heterocycles. The van der Waals surface area contributed by atoms with Crippen LogP contribution >= 0.6 is 0 Å². The number of hydrogen-bond acceptors (Lipinski definition) is 4. The summed E-state index contributed by atoms with van der Waals surface area (Å²) in [7, 11) is 0. The Morgan fingerprint density at radius 2 is 1.82 bits per heavy atom. The molecular formula is C17H19NO4. The molecule has 2 unspecified atom stereocenters. The van der Waals surface area contributed by atoms with Crippen LogP contribution in [0.5, 0.6) is 0 Å². The standard InChI is InChI=1S/C17H19NO4/c1-11-5-4-6-12(9-11)22-15(19)10-18-16(20)13-7-2-3-8-14(13)17(18)21/h2-3,7-8,11-12H,4-6,9-10H2,1H3. The Morgan fingerprint density at radius 3 is 2.41 bits per heavy atom. The molecule has 1 aromatic rings. The first-order valence-corrected chi connectivity index (χ1v) is 7.71. The molecule has 1 aliphatic carbocycles. The second-order valence-electron chi connectivity index (χ2n) is 6.13. The van der Waals surface area contributed by atoms with E-state index in [4.69, 9.17) is 4.74 Å². The molecule has 1 saturated carbocycles. The molecule has 0 aromatic heterocycles. The van der Waals surface area contributed by atoms with Gasteiger partial charge in [-0.05, 0) is 37.3 Å². The van der Waals surface area contributed by atoms with Gasteiger partial charge >= 0.3 is 5.97 Å². The molecule has 1 aromatic carbocycles. The molecule has 2 atom stereocenters. The van der Waals surface area contributed by atoms with Crippen molar-refractivity contribution in [2.75, 3.05) is 6.54 Å². The SMILES string of the molecule is CC1CCCC(OC(=O)CN2C(=O)c3ccccc3C2=O)C1. The minimum absolute atomic E-state index is 0.0913. The molecule has 5 nitrogen and oxygen atoms in total. The van der Waals surface area contributed by atoms with Crippen LogP contribution in [0.3, 0.4) is 0 Å². The highest BCUT2D eigenvalue weighted by molar-refractivity contribution is 6.22.